The van der Waals surface area contributed by atoms with E-state index in [1.165, 1.54) is 109 Å². The molecule has 6 heteroatoms. The normalized spacial score (nSPS) is 12.5. The lowest BCUT2D eigenvalue weighted by Gasteiger charge is -2.18. The molecule has 0 aliphatic rings. The van der Waals surface area contributed by atoms with Crippen molar-refractivity contribution in [2.75, 3.05) is 13.2 Å². The van der Waals surface area contributed by atoms with Gasteiger partial charge in [-0.25, -0.2) is 0 Å². The Morgan fingerprint density at radius 3 is 1.02 bits per heavy atom. The van der Waals surface area contributed by atoms with Crippen molar-refractivity contribution in [2.24, 2.45) is 0 Å². The van der Waals surface area contributed by atoms with Crippen molar-refractivity contribution >= 4 is 17.9 Å². The predicted octanol–water partition coefficient (Wildman–Crippen LogP) is 18.0. The number of unbranched alkanes of at least 4 members (excludes halogenated alkanes) is 28. The summed E-state index contributed by atoms with van der Waals surface area (Å²) in [6, 6.07) is 0. The van der Waals surface area contributed by atoms with Gasteiger partial charge in [-0.1, -0.05) is 236 Å². The maximum absolute atomic E-state index is 12.8. The number of carbonyl (C=O) groups is 3. The number of carbonyl (C=O) groups excluding carboxylic acids is 3. The van der Waals surface area contributed by atoms with Gasteiger partial charge in [0.15, 0.2) is 6.10 Å². The minimum Gasteiger partial charge on any atom is -0.462 e. The lowest BCUT2D eigenvalue weighted by molar-refractivity contribution is -0.167. The van der Waals surface area contributed by atoms with E-state index in [1.807, 2.05) is 0 Å². The van der Waals surface area contributed by atoms with Gasteiger partial charge in [-0.2, -0.15) is 0 Å². The first-order chi connectivity index (χ1) is 31.5. The number of hydrogen-bond donors (Lipinski definition) is 0. The number of allylic oxidation sites excluding steroid dienone is 10. The molecule has 0 amide bonds. The van der Waals surface area contributed by atoms with Crippen LogP contribution in [0.25, 0.3) is 0 Å². The SMILES string of the molecule is CC/C=C\C/C=C\C/C=C\CCCCCCCC(=O)OC(COC(=O)CCCCCCC/C=C\C/C=C\CCC)COC(=O)CCCCCCCCCCCCCCCCCCCC. The number of hydrogen-bond acceptors (Lipinski definition) is 6. The Hall–Kier alpha value is -2.89. The largest absolute Gasteiger partial charge is 0.462 e. The molecule has 0 N–H and O–H groups in total. The van der Waals surface area contributed by atoms with Gasteiger partial charge in [-0.15, -0.1) is 0 Å². The molecule has 0 aliphatic carbocycles. The number of ether oxygens (including phenoxy) is 3. The van der Waals surface area contributed by atoms with Crippen LogP contribution in [0.2, 0.25) is 0 Å². The van der Waals surface area contributed by atoms with Crippen LogP contribution in [-0.4, -0.2) is 37.2 Å². The molecule has 0 heterocycles. The Morgan fingerprint density at radius 1 is 0.328 bits per heavy atom. The van der Waals surface area contributed by atoms with E-state index in [4.69, 9.17) is 14.2 Å². The van der Waals surface area contributed by atoms with Gasteiger partial charge >= 0.3 is 17.9 Å². The topological polar surface area (TPSA) is 78.9 Å². The first-order valence-corrected chi connectivity index (χ1v) is 27.3. The minimum absolute atomic E-state index is 0.0837. The Balaban J connectivity index is 4.37. The molecule has 0 bridgehead atoms. The van der Waals surface area contributed by atoms with Gasteiger partial charge in [0.05, 0.1) is 0 Å². The van der Waals surface area contributed by atoms with Gasteiger partial charge in [-0.05, 0) is 77.0 Å². The molecule has 0 aliphatic heterocycles. The first kappa shape index (κ1) is 61.1. The minimum atomic E-state index is -0.787. The van der Waals surface area contributed by atoms with Crippen LogP contribution in [0.15, 0.2) is 60.8 Å². The summed E-state index contributed by atoms with van der Waals surface area (Å²) in [5.41, 5.74) is 0. The van der Waals surface area contributed by atoms with Gasteiger partial charge in [0.25, 0.3) is 0 Å². The molecule has 1 atom stereocenters. The molecule has 0 aromatic rings. The highest BCUT2D eigenvalue weighted by atomic mass is 16.6. The zero-order chi connectivity index (χ0) is 46.5. The third-order valence-corrected chi connectivity index (χ3v) is 11.7. The van der Waals surface area contributed by atoms with E-state index in [9.17, 15) is 14.4 Å². The molecular formula is C58H102O6. The monoisotopic (exact) mass is 895 g/mol. The molecule has 6 nitrogen and oxygen atoms in total. The molecule has 0 fully saturated rings. The third kappa shape index (κ3) is 50.1. The van der Waals surface area contributed by atoms with Gasteiger partial charge in [0.1, 0.15) is 13.2 Å². The average Bonchev–Trinajstić information content (AvgIpc) is 3.29. The van der Waals surface area contributed by atoms with Crippen molar-refractivity contribution in [3.8, 4) is 0 Å². The second kappa shape index (κ2) is 52.7. The molecule has 0 rings (SSSR count). The molecule has 0 radical (unpaired) electrons. The molecule has 370 valence electrons. The second-order valence-electron chi connectivity index (χ2n) is 18.1. The van der Waals surface area contributed by atoms with Crippen LogP contribution in [0.1, 0.15) is 271 Å². The molecular weight excluding hydrogens is 793 g/mol. The molecule has 0 saturated heterocycles. The highest BCUT2D eigenvalue weighted by Crippen LogP contribution is 2.16. The Bertz CT molecular complexity index is 1170. The van der Waals surface area contributed by atoms with Crippen molar-refractivity contribution in [3.63, 3.8) is 0 Å². The summed E-state index contributed by atoms with van der Waals surface area (Å²) >= 11 is 0. The van der Waals surface area contributed by atoms with Crippen LogP contribution in [-0.2, 0) is 28.6 Å². The fraction of sp³-hybridized carbons (Fsp3) is 0.776. The van der Waals surface area contributed by atoms with Crippen LogP contribution in [0.5, 0.6) is 0 Å². The van der Waals surface area contributed by atoms with Crippen LogP contribution in [0.4, 0.5) is 0 Å². The summed E-state index contributed by atoms with van der Waals surface area (Å²) < 4.78 is 16.8. The van der Waals surface area contributed by atoms with Crippen LogP contribution < -0.4 is 0 Å². The van der Waals surface area contributed by atoms with Crippen LogP contribution in [0, 0.1) is 0 Å². The van der Waals surface area contributed by atoms with Gasteiger partial charge in [-0.3, -0.25) is 14.4 Å². The van der Waals surface area contributed by atoms with Crippen molar-refractivity contribution in [2.45, 2.75) is 277 Å². The average molecular weight is 895 g/mol. The highest BCUT2D eigenvalue weighted by Gasteiger charge is 2.19. The van der Waals surface area contributed by atoms with E-state index in [-0.39, 0.29) is 31.1 Å². The van der Waals surface area contributed by atoms with Gasteiger partial charge < -0.3 is 14.2 Å². The Kier molecular flexibility index (Phi) is 50.4. The second-order valence-corrected chi connectivity index (χ2v) is 18.1. The van der Waals surface area contributed by atoms with Crippen molar-refractivity contribution in [1.82, 2.24) is 0 Å². The van der Waals surface area contributed by atoms with Crippen molar-refractivity contribution in [3.05, 3.63) is 60.8 Å². The van der Waals surface area contributed by atoms with Crippen molar-refractivity contribution < 1.29 is 28.6 Å². The van der Waals surface area contributed by atoms with Crippen LogP contribution >= 0.6 is 0 Å². The third-order valence-electron chi connectivity index (χ3n) is 11.7. The van der Waals surface area contributed by atoms with Gasteiger partial charge in [0.2, 0.25) is 0 Å². The van der Waals surface area contributed by atoms with E-state index in [0.29, 0.717) is 19.3 Å². The van der Waals surface area contributed by atoms with Crippen LogP contribution in [0.3, 0.4) is 0 Å². The lowest BCUT2D eigenvalue weighted by atomic mass is 10.0. The maximum Gasteiger partial charge on any atom is 0.306 e. The number of rotatable bonds is 49. The summed E-state index contributed by atoms with van der Waals surface area (Å²) in [5, 5.41) is 0. The summed E-state index contributed by atoms with van der Waals surface area (Å²) in [7, 11) is 0. The number of esters is 3. The van der Waals surface area contributed by atoms with Crippen molar-refractivity contribution in [1.29, 1.82) is 0 Å². The summed E-state index contributed by atoms with van der Waals surface area (Å²) in [5.74, 6) is -0.907. The molecule has 0 aromatic heterocycles. The van der Waals surface area contributed by atoms with E-state index >= 15 is 0 Å². The standard InChI is InChI=1S/C58H102O6/c1-4-7-10-13-16-19-22-25-27-28-29-31-33-36-39-42-45-48-51-57(60)63-54-55(53-62-56(59)50-47-44-41-38-35-32-24-21-18-15-12-9-6-3)64-58(61)52-49-46-43-40-37-34-30-26-23-20-17-14-11-8-5-2/h8,11-12,15,17,20-21,24,26,30,55H,4-7,9-10,13-14,16,18-19,22-23,25,27-29,31-54H2,1-3H3/b11-8-,15-12-,20-17-,24-21-,30-26-. The summed E-state index contributed by atoms with van der Waals surface area (Å²) in [6.07, 6.45) is 64.9. The van der Waals surface area contributed by atoms with Gasteiger partial charge in [0, 0.05) is 19.3 Å². The molecule has 1 unspecified atom stereocenters. The predicted molar refractivity (Wildman–Crippen MR) is 275 cm³/mol. The Morgan fingerprint density at radius 2 is 0.641 bits per heavy atom. The van der Waals surface area contributed by atoms with E-state index in [2.05, 4.69) is 81.5 Å². The smallest absolute Gasteiger partial charge is 0.306 e. The zero-order valence-corrected chi connectivity index (χ0v) is 42.3. The lowest BCUT2D eigenvalue weighted by Crippen LogP contribution is -2.30. The highest BCUT2D eigenvalue weighted by molar-refractivity contribution is 5.71. The molecule has 0 saturated carbocycles. The molecule has 0 aromatic carbocycles. The van der Waals surface area contributed by atoms with E-state index in [0.717, 1.165) is 122 Å². The summed E-state index contributed by atoms with van der Waals surface area (Å²) in [4.78, 5) is 38.0. The quantitative estimate of drug-likeness (QED) is 0.0262. The fourth-order valence-electron chi connectivity index (χ4n) is 7.67. The first-order valence-electron chi connectivity index (χ1n) is 27.3. The Labute approximate surface area is 396 Å². The fourth-order valence-corrected chi connectivity index (χ4v) is 7.67. The molecule has 64 heavy (non-hydrogen) atoms. The van der Waals surface area contributed by atoms with E-state index < -0.39 is 6.10 Å². The van der Waals surface area contributed by atoms with E-state index in [1.54, 1.807) is 0 Å². The maximum atomic E-state index is 12.8. The summed E-state index contributed by atoms with van der Waals surface area (Å²) in [6.45, 7) is 6.46. The zero-order valence-electron chi connectivity index (χ0n) is 42.3. The molecule has 0 spiro atoms.